The van der Waals surface area contributed by atoms with Gasteiger partial charge in [-0.2, -0.15) is 0 Å². The Hall–Kier alpha value is -0.530. The van der Waals surface area contributed by atoms with Crippen LogP contribution in [-0.4, -0.2) is 7.05 Å². The SMILES string of the molecule is CNC(CC(C)CC(C)(C)C)c1cccc(Cl)c1. The van der Waals surface area contributed by atoms with Crippen LogP contribution >= 0.6 is 11.6 Å². The standard InChI is InChI=1S/C16H26ClN/c1-12(11-16(2,3)4)9-15(18-5)13-7-6-8-14(17)10-13/h6-8,10,12,15,18H,9,11H2,1-5H3. The van der Waals surface area contributed by atoms with Gasteiger partial charge in [0.25, 0.3) is 0 Å². The largest absolute Gasteiger partial charge is 0.313 e. The fourth-order valence-corrected chi connectivity index (χ4v) is 2.87. The van der Waals surface area contributed by atoms with Gasteiger partial charge in [0.05, 0.1) is 0 Å². The van der Waals surface area contributed by atoms with Crippen LogP contribution < -0.4 is 5.32 Å². The quantitative estimate of drug-likeness (QED) is 0.786. The highest BCUT2D eigenvalue weighted by atomic mass is 35.5. The molecule has 18 heavy (non-hydrogen) atoms. The van der Waals surface area contributed by atoms with E-state index >= 15 is 0 Å². The van der Waals surface area contributed by atoms with Gasteiger partial charge in [-0.3, -0.25) is 0 Å². The summed E-state index contributed by atoms with van der Waals surface area (Å²) >= 11 is 6.06. The molecule has 0 aromatic heterocycles. The Morgan fingerprint density at radius 2 is 1.94 bits per heavy atom. The van der Waals surface area contributed by atoms with Crippen molar-refractivity contribution in [2.75, 3.05) is 7.05 Å². The molecule has 102 valence electrons. The summed E-state index contributed by atoms with van der Waals surface area (Å²) in [4.78, 5) is 0. The summed E-state index contributed by atoms with van der Waals surface area (Å²) in [7, 11) is 2.02. The monoisotopic (exact) mass is 267 g/mol. The highest BCUT2D eigenvalue weighted by molar-refractivity contribution is 6.30. The predicted molar refractivity (Wildman–Crippen MR) is 81.1 cm³/mol. The first-order chi connectivity index (χ1) is 8.31. The Balaban J connectivity index is 2.67. The first-order valence-electron chi connectivity index (χ1n) is 6.74. The lowest BCUT2D eigenvalue weighted by molar-refractivity contribution is 0.279. The molecule has 0 fully saturated rings. The van der Waals surface area contributed by atoms with Crippen LogP contribution in [0.15, 0.2) is 24.3 Å². The fourth-order valence-electron chi connectivity index (χ4n) is 2.68. The summed E-state index contributed by atoms with van der Waals surface area (Å²) in [6, 6.07) is 8.55. The molecule has 1 aromatic rings. The van der Waals surface area contributed by atoms with Crippen LogP contribution in [-0.2, 0) is 0 Å². The molecule has 1 N–H and O–H groups in total. The molecule has 0 radical (unpaired) electrons. The van der Waals surface area contributed by atoms with Crippen molar-refractivity contribution in [1.29, 1.82) is 0 Å². The second-order valence-electron chi connectivity index (χ2n) is 6.50. The molecule has 2 heteroatoms. The molecule has 0 amide bonds. The van der Waals surface area contributed by atoms with E-state index in [1.165, 1.54) is 12.0 Å². The number of hydrogen-bond donors (Lipinski definition) is 1. The Morgan fingerprint density at radius 1 is 1.28 bits per heavy atom. The Labute approximate surface area is 117 Å². The molecule has 2 unspecified atom stereocenters. The van der Waals surface area contributed by atoms with Crippen molar-refractivity contribution in [1.82, 2.24) is 5.32 Å². The number of rotatable bonds is 5. The van der Waals surface area contributed by atoms with Crippen LogP contribution in [0.2, 0.25) is 5.02 Å². The van der Waals surface area contributed by atoms with Crippen molar-refractivity contribution in [2.45, 2.75) is 46.6 Å². The molecule has 1 aromatic carbocycles. The summed E-state index contributed by atoms with van der Waals surface area (Å²) in [5.41, 5.74) is 1.68. The van der Waals surface area contributed by atoms with Gasteiger partial charge in [0, 0.05) is 11.1 Å². The second-order valence-corrected chi connectivity index (χ2v) is 6.94. The van der Waals surface area contributed by atoms with E-state index in [0.29, 0.717) is 17.4 Å². The first kappa shape index (κ1) is 15.5. The van der Waals surface area contributed by atoms with Crippen molar-refractivity contribution in [2.24, 2.45) is 11.3 Å². The maximum absolute atomic E-state index is 6.06. The zero-order chi connectivity index (χ0) is 13.8. The fraction of sp³-hybridized carbons (Fsp3) is 0.625. The molecule has 0 saturated heterocycles. The van der Waals surface area contributed by atoms with Crippen LogP contribution in [0.3, 0.4) is 0 Å². The third-order valence-electron chi connectivity index (χ3n) is 3.20. The van der Waals surface area contributed by atoms with Crippen LogP contribution in [0.4, 0.5) is 0 Å². The topological polar surface area (TPSA) is 12.0 Å². The zero-order valence-electron chi connectivity index (χ0n) is 12.3. The average Bonchev–Trinajstić information content (AvgIpc) is 2.23. The van der Waals surface area contributed by atoms with Gasteiger partial charge in [0.1, 0.15) is 0 Å². The lowest BCUT2D eigenvalue weighted by atomic mass is 9.82. The molecule has 2 atom stereocenters. The highest BCUT2D eigenvalue weighted by Gasteiger charge is 2.19. The van der Waals surface area contributed by atoms with Crippen molar-refractivity contribution in [3.63, 3.8) is 0 Å². The second kappa shape index (κ2) is 6.58. The minimum Gasteiger partial charge on any atom is -0.313 e. The van der Waals surface area contributed by atoms with Crippen molar-refractivity contribution < 1.29 is 0 Å². The van der Waals surface area contributed by atoms with E-state index in [2.05, 4.69) is 45.1 Å². The Kier molecular flexibility index (Phi) is 5.68. The van der Waals surface area contributed by atoms with E-state index in [1.807, 2.05) is 19.2 Å². The summed E-state index contributed by atoms with van der Waals surface area (Å²) in [5.74, 6) is 0.696. The van der Waals surface area contributed by atoms with Crippen molar-refractivity contribution in [3.05, 3.63) is 34.9 Å². The third kappa shape index (κ3) is 5.41. The number of hydrogen-bond acceptors (Lipinski definition) is 1. The van der Waals surface area contributed by atoms with Gasteiger partial charge >= 0.3 is 0 Å². The van der Waals surface area contributed by atoms with E-state index in [0.717, 1.165) is 11.4 Å². The lowest BCUT2D eigenvalue weighted by Gasteiger charge is -2.27. The third-order valence-corrected chi connectivity index (χ3v) is 3.43. The van der Waals surface area contributed by atoms with Crippen molar-refractivity contribution in [3.8, 4) is 0 Å². The smallest absolute Gasteiger partial charge is 0.0409 e. The predicted octanol–water partition coefficient (Wildman–Crippen LogP) is 5.06. The zero-order valence-corrected chi connectivity index (χ0v) is 13.0. The minimum absolute atomic E-state index is 0.390. The normalized spacial score (nSPS) is 15.4. The molecule has 1 nitrogen and oxygen atoms in total. The molecule has 0 aliphatic carbocycles. The molecular weight excluding hydrogens is 242 g/mol. The summed E-state index contributed by atoms with van der Waals surface area (Å²) in [6.45, 7) is 9.24. The Morgan fingerprint density at radius 3 is 2.44 bits per heavy atom. The molecule has 0 saturated carbocycles. The van der Waals surface area contributed by atoms with E-state index in [1.54, 1.807) is 0 Å². The summed E-state index contributed by atoms with van der Waals surface area (Å²) in [6.07, 6.45) is 2.39. The number of benzene rings is 1. The highest BCUT2D eigenvalue weighted by Crippen LogP contribution is 2.30. The van der Waals surface area contributed by atoms with Crippen LogP contribution in [0, 0.1) is 11.3 Å². The number of nitrogens with one attached hydrogen (secondary N) is 1. The molecule has 0 bridgehead atoms. The minimum atomic E-state index is 0.390. The average molecular weight is 268 g/mol. The van der Waals surface area contributed by atoms with E-state index in [4.69, 9.17) is 11.6 Å². The molecular formula is C16H26ClN. The van der Waals surface area contributed by atoms with Gasteiger partial charge in [-0.25, -0.2) is 0 Å². The molecule has 1 rings (SSSR count). The van der Waals surface area contributed by atoms with Gasteiger partial charge in [0.2, 0.25) is 0 Å². The van der Waals surface area contributed by atoms with Crippen molar-refractivity contribution >= 4 is 11.6 Å². The summed E-state index contributed by atoms with van der Waals surface area (Å²) < 4.78 is 0. The van der Waals surface area contributed by atoms with Gasteiger partial charge in [-0.05, 0) is 48.9 Å². The van der Waals surface area contributed by atoms with Gasteiger partial charge < -0.3 is 5.32 Å². The van der Waals surface area contributed by atoms with Crippen LogP contribution in [0.1, 0.15) is 52.1 Å². The van der Waals surface area contributed by atoms with E-state index in [-0.39, 0.29) is 0 Å². The maximum atomic E-state index is 6.06. The van der Waals surface area contributed by atoms with Crippen LogP contribution in [0.25, 0.3) is 0 Å². The first-order valence-corrected chi connectivity index (χ1v) is 7.12. The van der Waals surface area contributed by atoms with Gasteiger partial charge in [0.15, 0.2) is 0 Å². The maximum Gasteiger partial charge on any atom is 0.0409 e. The molecule has 0 aliphatic rings. The van der Waals surface area contributed by atoms with Gasteiger partial charge in [-0.1, -0.05) is 51.4 Å². The number of halogens is 1. The molecule has 0 aliphatic heterocycles. The van der Waals surface area contributed by atoms with E-state index < -0.39 is 0 Å². The Bertz CT molecular complexity index is 368. The van der Waals surface area contributed by atoms with Crippen LogP contribution in [0.5, 0.6) is 0 Å². The molecule has 0 spiro atoms. The lowest BCUT2D eigenvalue weighted by Crippen LogP contribution is -2.21. The van der Waals surface area contributed by atoms with Gasteiger partial charge in [-0.15, -0.1) is 0 Å². The van der Waals surface area contributed by atoms with E-state index in [9.17, 15) is 0 Å². The summed E-state index contributed by atoms with van der Waals surface area (Å²) in [5, 5.41) is 4.22. The molecule has 0 heterocycles.